The molecule has 9 heteroatoms. The number of nitrogens with zero attached hydrogens (tertiary/aromatic N) is 5. The van der Waals surface area contributed by atoms with Crippen molar-refractivity contribution in [3.05, 3.63) is 117 Å². The number of non-ortho nitro benzene ring substituents is 1. The highest BCUT2D eigenvalue weighted by molar-refractivity contribution is 7.99. The molecule has 0 fully saturated rings. The quantitative estimate of drug-likeness (QED) is 0.0837. The van der Waals surface area contributed by atoms with Crippen LogP contribution in [0.15, 0.2) is 100.0 Å². The molecule has 0 spiro atoms. The van der Waals surface area contributed by atoms with Crippen LogP contribution in [0.2, 0.25) is 0 Å². The first kappa shape index (κ1) is 26.6. The zero-order chi connectivity index (χ0) is 28.2. The van der Waals surface area contributed by atoms with Gasteiger partial charge in [0.2, 0.25) is 0 Å². The van der Waals surface area contributed by atoms with E-state index in [0.717, 1.165) is 58.7 Å². The first-order chi connectivity index (χ1) is 20.1. The average molecular weight is 574 g/mol. The van der Waals surface area contributed by atoms with Gasteiger partial charge in [0, 0.05) is 44.8 Å². The summed E-state index contributed by atoms with van der Waals surface area (Å²) in [5.74, 6) is 0. The van der Waals surface area contributed by atoms with E-state index in [1.807, 2.05) is 66.7 Å². The van der Waals surface area contributed by atoms with Crippen LogP contribution in [0.25, 0.3) is 22.5 Å². The molecule has 0 unspecified atom stereocenters. The van der Waals surface area contributed by atoms with Crippen molar-refractivity contribution in [1.82, 2.24) is 9.97 Å². The van der Waals surface area contributed by atoms with Gasteiger partial charge in [-0.1, -0.05) is 60.7 Å². The fraction of sp³-hybridized carbons (Fsp3) is 0.125. The summed E-state index contributed by atoms with van der Waals surface area (Å²) >= 11 is 2.87. The van der Waals surface area contributed by atoms with Crippen molar-refractivity contribution in [3.63, 3.8) is 0 Å². The third kappa shape index (κ3) is 5.80. The summed E-state index contributed by atoms with van der Waals surface area (Å²) in [7, 11) is 0. The topological polar surface area (TPSA) is 105 Å². The molecule has 0 aliphatic heterocycles. The minimum atomic E-state index is -0.420. The molecule has 0 amide bonds. The molecule has 0 saturated carbocycles. The average Bonchev–Trinajstić information content (AvgIpc) is 3.38. The highest BCUT2D eigenvalue weighted by Crippen LogP contribution is 2.40. The lowest BCUT2D eigenvalue weighted by Crippen LogP contribution is -1.99. The Morgan fingerprint density at radius 2 is 1.59 bits per heavy atom. The summed E-state index contributed by atoms with van der Waals surface area (Å²) in [5, 5.41) is 22.6. The second kappa shape index (κ2) is 11.8. The van der Waals surface area contributed by atoms with Crippen molar-refractivity contribution in [2.45, 2.75) is 35.7 Å². The number of hydrogen-bond acceptors (Lipinski definition) is 8. The molecule has 0 saturated heterocycles. The van der Waals surface area contributed by atoms with E-state index in [-0.39, 0.29) is 5.69 Å². The molecule has 7 nitrogen and oxygen atoms in total. The molecule has 41 heavy (non-hydrogen) atoms. The molecule has 2 aromatic heterocycles. The van der Waals surface area contributed by atoms with Crippen LogP contribution in [0.1, 0.15) is 34.4 Å². The highest BCUT2D eigenvalue weighted by Gasteiger charge is 2.21. The Morgan fingerprint density at radius 1 is 0.927 bits per heavy atom. The Labute approximate surface area is 245 Å². The lowest BCUT2D eigenvalue weighted by molar-refractivity contribution is -0.384. The molecule has 1 aliphatic carbocycles. The number of nitro groups is 1. The third-order valence-corrected chi connectivity index (χ3v) is 8.99. The first-order valence-electron chi connectivity index (χ1n) is 13.1. The number of thiophene rings is 1. The van der Waals surface area contributed by atoms with Gasteiger partial charge in [-0.2, -0.15) is 5.26 Å². The van der Waals surface area contributed by atoms with Gasteiger partial charge in [0.15, 0.2) is 5.16 Å². The summed E-state index contributed by atoms with van der Waals surface area (Å²) in [6, 6.07) is 28.8. The number of aromatic nitrogens is 2. The van der Waals surface area contributed by atoms with Gasteiger partial charge in [0.25, 0.3) is 5.69 Å². The molecule has 3 aromatic carbocycles. The van der Waals surface area contributed by atoms with Crippen LogP contribution in [0, 0.1) is 21.4 Å². The van der Waals surface area contributed by atoms with Gasteiger partial charge in [0.1, 0.15) is 11.1 Å². The molecular weight excluding hydrogens is 551 g/mol. The number of nitriles is 1. The SMILES string of the molecule is N#Cc1c(N=Cc2cc([N+](=O)[O-])ccc2Sc2nc(-c3ccccc3)cc(-c3ccccc3)n2)sc2c1CCCC2. The number of aryl methyl sites for hydroxylation is 1. The fourth-order valence-electron chi connectivity index (χ4n) is 4.81. The Kier molecular flexibility index (Phi) is 7.67. The van der Waals surface area contributed by atoms with Crippen molar-refractivity contribution in [1.29, 1.82) is 5.26 Å². The van der Waals surface area contributed by atoms with Crippen molar-refractivity contribution < 1.29 is 4.92 Å². The smallest absolute Gasteiger partial charge is 0.258 e. The lowest BCUT2D eigenvalue weighted by Gasteiger charge is -2.10. The van der Waals surface area contributed by atoms with Crippen molar-refractivity contribution in [2.75, 3.05) is 0 Å². The Bertz CT molecular complexity index is 1750. The maximum absolute atomic E-state index is 11.6. The summed E-state index contributed by atoms with van der Waals surface area (Å²) in [5.41, 5.74) is 5.73. The first-order valence-corrected chi connectivity index (χ1v) is 14.8. The maximum Gasteiger partial charge on any atom is 0.270 e. The number of hydrogen-bond donors (Lipinski definition) is 0. The van der Waals surface area contributed by atoms with Gasteiger partial charge in [-0.3, -0.25) is 10.1 Å². The minimum Gasteiger partial charge on any atom is -0.258 e. The number of fused-ring (bicyclic) bond motifs is 1. The summed E-state index contributed by atoms with van der Waals surface area (Å²) in [4.78, 5) is 27.5. The Balaban J connectivity index is 1.41. The van der Waals surface area contributed by atoms with Crippen LogP contribution in [0.4, 0.5) is 10.7 Å². The number of aliphatic imine (C=N–C) groups is 1. The van der Waals surface area contributed by atoms with E-state index in [1.165, 1.54) is 40.1 Å². The van der Waals surface area contributed by atoms with Crippen LogP contribution in [0.3, 0.4) is 0 Å². The minimum absolute atomic E-state index is 0.0364. The lowest BCUT2D eigenvalue weighted by atomic mass is 9.96. The van der Waals surface area contributed by atoms with Gasteiger partial charge in [0.05, 0.1) is 21.9 Å². The number of rotatable bonds is 7. The predicted molar refractivity (Wildman–Crippen MR) is 163 cm³/mol. The largest absolute Gasteiger partial charge is 0.270 e. The van der Waals surface area contributed by atoms with E-state index < -0.39 is 4.92 Å². The Morgan fingerprint density at radius 3 is 2.22 bits per heavy atom. The second-order valence-corrected chi connectivity index (χ2v) is 11.6. The zero-order valence-corrected chi connectivity index (χ0v) is 23.5. The van der Waals surface area contributed by atoms with Crippen molar-refractivity contribution in [3.8, 4) is 28.6 Å². The monoisotopic (exact) mass is 573 g/mol. The van der Waals surface area contributed by atoms with Crippen LogP contribution in [0.5, 0.6) is 0 Å². The van der Waals surface area contributed by atoms with E-state index in [9.17, 15) is 15.4 Å². The van der Waals surface area contributed by atoms with E-state index >= 15 is 0 Å². The van der Waals surface area contributed by atoms with E-state index in [1.54, 1.807) is 12.3 Å². The zero-order valence-electron chi connectivity index (χ0n) is 21.9. The predicted octanol–water partition coefficient (Wildman–Crippen LogP) is 8.43. The summed E-state index contributed by atoms with van der Waals surface area (Å²) < 4.78 is 0. The van der Waals surface area contributed by atoms with Crippen LogP contribution in [-0.4, -0.2) is 21.1 Å². The van der Waals surface area contributed by atoms with E-state index in [4.69, 9.17) is 9.97 Å². The fourth-order valence-corrected chi connectivity index (χ4v) is 6.85. The third-order valence-electron chi connectivity index (χ3n) is 6.84. The molecule has 6 rings (SSSR count). The molecule has 0 radical (unpaired) electrons. The van der Waals surface area contributed by atoms with Crippen LogP contribution < -0.4 is 0 Å². The molecular formula is C32H23N5O2S2. The molecule has 0 atom stereocenters. The molecule has 1 aliphatic rings. The van der Waals surface area contributed by atoms with Crippen LogP contribution >= 0.6 is 23.1 Å². The normalized spacial score (nSPS) is 12.7. The van der Waals surface area contributed by atoms with Gasteiger partial charge in [-0.15, -0.1) is 11.3 Å². The maximum atomic E-state index is 11.6. The summed E-state index contributed by atoms with van der Waals surface area (Å²) in [6.45, 7) is 0. The molecule has 200 valence electrons. The van der Waals surface area contributed by atoms with Crippen molar-refractivity contribution in [2.24, 2.45) is 4.99 Å². The summed E-state index contributed by atoms with van der Waals surface area (Å²) in [6.07, 6.45) is 5.65. The molecule has 2 heterocycles. The molecule has 0 bridgehead atoms. The highest BCUT2D eigenvalue weighted by atomic mass is 32.2. The van der Waals surface area contributed by atoms with Gasteiger partial charge >= 0.3 is 0 Å². The molecule has 0 N–H and O–H groups in total. The van der Waals surface area contributed by atoms with Gasteiger partial charge in [-0.25, -0.2) is 15.0 Å². The van der Waals surface area contributed by atoms with Crippen molar-refractivity contribution >= 4 is 40.0 Å². The van der Waals surface area contributed by atoms with E-state index in [0.29, 0.717) is 21.3 Å². The number of benzene rings is 3. The van der Waals surface area contributed by atoms with Gasteiger partial charge in [-0.05, 0) is 55.1 Å². The van der Waals surface area contributed by atoms with Crippen LogP contribution in [-0.2, 0) is 12.8 Å². The number of nitro benzene ring substituents is 1. The second-order valence-electron chi connectivity index (χ2n) is 9.50. The standard InChI is InChI=1S/C32H23N5O2S2/c33-19-26-25-13-7-8-14-30(25)40-31(26)34-20-23-17-24(37(38)39)15-16-29(23)41-32-35-27(21-9-3-1-4-10-21)18-28(36-32)22-11-5-2-6-12-22/h1-6,9-12,15-18,20H,7-8,13-14H2. The van der Waals surface area contributed by atoms with E-state index in [2.05, 4.69) is 11.1 Å². The molecule has 5 aromatic rings. The van der Waals surface area contributed by atoms with Gasteiger partial charge < -0.3 is 0 Å². The Hall–Kier alpha value is -4.65.